The Hall–Kier alpha value is -4.18. The van der Waals surface area contributed by atoms with Gasteiger partial charge in [-0.25, -0.2) is 14.2 Å². The number of piperidine rings is 1. The number of hydrogen-bond acceptors (Lipinski definition) is 7. The number of ether oxygens (including phenoxy) is 2. The summed E-state index contributed by atoms with van der Waals surface area (Å²) in [5.41, 5.74) is 0.815. The molecule has 0 radical (unpaired) electrons. The van der Waals surface area contributed by atoms with E-state index < -0.39 is 35.1 Å². The molecule has 2 aliphatic rings. The van der Waals surface area contributed by atoms with Crippen molar-refractivity contribution in [1.29, 1.82) is 5.26 Å². The molecule has 2 aromatic carbocycles. The summed E-state index contributed by atoms with van der Waals surface area (Å²) in [6.45, 7) is 0.614. The van der Waals surface area contributed by atoms with E-state index in [1.807, 2.05) is 6.07 Å². The molecule has 0 aliphatic carbocycles. The van der Waals surface area contributed by atoms with Crippen molar-refractivity contribution in [2.45, 2.75) is 37.7 Å². The summed E-state index contributed by atoms with van der Waals surface area (Å²) in [6.07, 6.45) is -3.72. The number of rotatable bonds is 6. The number of carbonyl (C=O) groups is 2. The first kappa shape index (κ1) is 26.4. The number of nitriles is 1. The molecule has 0 unspecified atom stereocenters. The molecule has 2 saturated heterocycles. The quantitative estimate of drug-likeness (QED) is 0.419. The minimum Gasteiger partial charge on any atom is -0.490 e. The van der Waals surface area contributed by atoms with Crippen molar-refractivity contribution in [3.05, 3.63) is 70.1 Å². The molecule has 13 heteroatoms. The van der Waals surface area contributed by atoms with Crippen molar-refractivity contribution in [2.24, 2.45) is 0 Å². The number of thiazole rings is 1. The Kier molecular flexibility index (Phi) is 7.14. The van der Waals surface area contributed by atoms with Gasteiger partial charge in [0.1, 0.15) is 24.3 Å². The van der Waals surface area contributed by atoms with Crippen LogP contribution in [0.15, 0.2) is 42.6 Å². The van der Waals surface area contributed by atoms with Crippen molar-refractivity contribution >= 4 is 23.3 Å². The number of fused-ring (bicyclic) bond motifs is 1. The fraction of sp³-hybridized carbons (Fsp3) is 0.308. The van der Waals surface area contributed by atoms with Crippen LogP contribution in [0.25, 0.3) is 10.4 Å². The second-order valence-corrected chi connectivity index (χ2v) is 10.1. The molecule has 2 aliphatic heterocycles. The fourth-order valence-electron chi connectivity index (χ4n) is 4.47. The van der Waals surface area contributed by atoms with Gasteiger partial charge in [-0.3, -0.25) is 4.79 Å². The summed E-state index contributed by atoms with van der Waals surface area (Å²) in [5, 5.41) is 10.4. The second kappa shape index (κ2) is 10.5. The van der Waals surface area contributed by atoms with Gasteiger partial charge >= 0.3 is 12.3 Å². The zero-order chi connectivity index (χ0) is 27.7. The predicted molar refractivity (Wildman–Crippen MR) is 130 cm³/mol. The molecule has 2 atom stereocenters. The van der Waals surface area contributed by atoms with Crippen LogP contribution in [0.4, 0.5) is 22.4 Å². The summed E-state index contributed by atoms with van der Waals surface area (Å²) in [6, 6.07) is 10.4. The highest BCUT2D eigenvalue weighted by molar-refractivity contribution is 7.15. The van der Waals surface area contributed by atoms with E-state index in [1.54, 1.807) is 29.2 Å². The lowest BCUT2D eigenvalue weighted by atomic mass is 10.0. The summed E-state index contributed by atoms with van der Waals surface area (Å²) in [7, 11) is 0. The van der Waals surface area contributed by atoms with E-state index in [4.69, 9.17) is 14.7 Å². The summed E-state index contributed by atoms with van der Waals surface area (Å²) >= 11 is 0.339. The first-order chi connectivity index (χ1) is 18.6. The number of nitrogens with zero attached hydrogens (tertiary/aromatic N) is 3. The van der Waals surface area contributed by atoms with Crippen molar-refractivity contribution in [3.8, 4) is 22.3 Å². The highest BCUT2D eigenvalue weighted by Crippen LogP contribution is 2.41. The van der Waals surface area contributed by atoms with Crippen LogP contribution in [-0.2, 0) is 17.5 Å². The Bertz CT molecular complexity index is 1450. The lowest BCUT2D eigenvalue weighted by molar-refractivity contribution is -0.137. The maximum absolute atomic E-state index is 15.2. The third-order valence-corrected chi connectivity index (χ3v) is 7.53. The third kappa shape index (κ3) is 5.65. The third-order valence-electron chi connectivity index (χ3n) is 6.46. The first-order valence-electron chi connectivity index (χ1n) is 11.9. The first-order valence-corrected chi connectivity index (χ1v) is 12.7. The highest BCUT2D eigenvalue weighted by Gasteiger charge is 2.39. The monoisotopic (exact) mass is 560 g/mol. The van der Waals surface area contributed by atoms with Gasteiger partial charge in [-0.15, -0.1) is 11.3 Å². The van der Waals surface area contributed by atoms with Gasteiger partial charge in [-0.05, 0) is 29.8 Å². The maximum Gasteiger partial charge on any atom is 0.443 e. The zero-order valence-corrected chi connectivity index (χ0v) is 20.9. The molecule has 2 amide bonds. The molecule has 1 aromatic heterocycles. The van der Waals surface area contributed by atoms with Crippen LogP contribution >= 0.6 is 11.3 Å². The standard InChI is InChI=1S/C26H20F4N4O4S/c27-20-8-19(22-12-33-24(39-22)26(28,29)30)21(38-17-5-6-34-16(7-17)13-37-25(34)36)9-18(20)23(35)32-11-15-3-1-14(10-31)2-4-15/h1-4,8-9,12,16-17H,5-7,11,13H2,(H,32,35)/t16-,17-/m0/s1. The minimum atomic E-state index is -4.67. The molecule has 0 saturated carbocycles. The number of halogens is 4. The second-order valence-electron chi connectivity index (χ2n) is 9.04. The van der Waals surface area contributed by atoms with Gasteiger partial charge in [0.25, 0.3) is 5.91 Å². The van der Waals surface area contributed by atoms with Gasteiger partial charge in [0.05, 0.1) is 28.1 Å². The van der Waals surface area contributed by atoms with Gasteiger partial charge in [0, 0.05) is 37.7 Å². The smallest absolute Gasteiger partial charge is 0.443 e. The maximum atomic E-state index is 15.2. The molecule has 0 bridgehead atoms. The van der Waals surface area contributed by atoms with E-state index in [9.17, 15) is 22.8 Å². The van der Waals surface area contributed by atoms with Crippen LogP contribution in [0, 0.1) is 17.1 Å². The number of aromatic nitrogens is 1. The average molecular weight is 561 g/mol. The Morgan fingerprint density at radius 1 is 1.28 bits per heavy atom. The molecular formula is C26H20F4N4O4S. The summed E-state index contributed by atoms with van der Waals surface area (Å²) in [5.74, 6) is -1.67. The van der Waals surface area contributed by atoms with E-state index in [2.05, 4.69) is 10.3 Å². The number of carbonyl (C=O) groups excluding carboxylic acids is 2. The van der Waals surface area contributed by atoms with Crippen LogP contribution in [0.2, 0.25) is 0 Å². The Balaban J connectivity index is 1.42. The summed E-state index contributed by atoms with van der Waals surface area (Å²) in [4.78, 5) is 29.7. The molecule has 3 aromatic rings. The molecular weight excluding hydrogens is 540 g/mol. The molecule has 0 spiro atoms. The van der Waals surface area contributed by atoms with Gasteiger partial charge in [0.2, 0.25) is 0 Å². The molecule has 2 fully saturated rings. The van der Waals surface area contributed by atoms with Crippen LogP contribution in [0.5, 0.6) is 5.75 Å². The Morgan fingerprint density at radius 3 is 2.74 bits per heavy atom. The van der Waals surface area contributed by atoms with E-state index in [1.165, 1.54) is 6.07 Å². The molecule has 1 N–H and O–H groups in total. The van der Waals surface area contributed by atoms with E-state index in [-0.39, 0.29) is 40.9 Å². The van der Waals surface area contributed by atoms with Crippen molar-refractivity contribution in [3.63, 3.8) is 0 Å². The zero-order valence-electron chi connectivity index (χ0n) is 20.1. The molecule has 3 heterocycles. The van der Waals surface area contributed by atoms with Crippen molar-refractivity contribution < 1.29 is 36.6 Å². The largest absolute Gasteiger partial charge is 0.490 e. The number of benzene rings is 2. The summed E-state index contributed by atoms with van der Waals surface area (Å²) < 4.78 is 66.0. The minimum absolute atomic E-state index is 0.0255. The van der Waals surface area contributed by atoms with Gasteiger partial charge in [-0.1, -0.05) is 12.1 Å². The lowest BCUT2D eigenvalue weighted by Gasteiger charge is -2.33. The van der Waals surface area contributed by atoms with Crippen molar-refractivity contribution in [2.75, 3.05) is 13.2 Å². The number of nitrogens with one attached hydrogen (secondary N) is 1. The lowest BCUT2D eigenvalue weighted by Crippen LogP contribution is -2.44. The van der Waals surface area contributed by atoms with Crippen LogP contribution in [0.1, 0.15) is 39.3 Å². The van der Waals surface area contributed by atoms with Crippen molar-refractivity contribution in [1.82, 2.24) is 15.2 Å². The van der Waals surface area contributed by atoms with E-state index in [0.717, 1.165) is 12.3 Å². The predicted octanol–water partition coefficient (Wildman–Crippen LogP) is 5.13. The molecule has 39 heavy (non-hydrogen) atoms. The Labute approximate surface area is 223 Å². The van der Waals surface area contributed by atoms with E-state index >= 15 is 4.39 Å². The normalized spacial score (nSPS) is 18.7. The van der Waals surface area contributed by atoms with Crippen LogP contribution < -0.4 is 10.1 Å². The van der Waals surface area contributed by atoms with Gasteiger partial charge in [0.15, 0.2) is 5.01 Å². The number of cyclic esters (lactones) is 1. The molecule has 5 rings (SSSR count). The SMILES string of the molecule is N#Cc1ccc(CNC(=O)c2cc(O[C@H]3CCN4C(=O)OC[C@@H]4C3)c(-c3cnc(C(F)(F)F)s3)cc2F)cc1. The number of hydrogen-bond donors (Lipinski definition) is 1. The van der Waals surface area contributed by atoms with Crippen LogP contribution in [-0.4, -0.2) is 47.2 Å². The average Bonchev–Trinajstić information content (AvgIpc) is 3.56. The number of alkyl halides is 3. The fourth-order valence-corrected chi connectivity index (χ4v) is 5.28. The van der Waals surface area contributed by atoms with Crippen LogP contribution in [0.3, 0.4) is 0 Å². The molecule has 202 valence electrons. The van der Waals surface area contributed by atoms with Gasteiger partial charge in [-0.2, -0.15) is 18.4 Å². The van der Waals surface area contributed by atoms with E-state index in [0.29, 0.717) is 41.9 Å². The highest BCUT2D eigenvalue weighted by atomic mass is 32.1. The number of amides is 2. The Morgan fingerprint density at radius 2 is 2.05 bits per heavy atom. The molecule has 8 nitrogen and oxygen atoms in total. The topological polar surface area (TPSA) is 105 Å². The van der Waals surface area contributed by atoms with Gasteiger partial charge < -0.3 is 19.7 Å².